The molecular weight excluding hydrogens is 237 g/mol. The Bertz CT molecular complexity index is 370. The molecule has 0 aliphatic heterocycles. The number of hydrogen-bond acceptors (Lipinski definition) is 1. The topological polar surface area (TPSA) is 57.5 Å². The normalized spacial score (nSPS) is 11.7. The third-order valence-electron chi connectivity index (χ3n) is 1.76. The lowest BCUT2D eigenvalue weighted by Gasteiger charge is -2.17. The molecule has 0 saturated carbocycles. The molecule has 1 aromatic rings. The van der Waals surface area contributed by atoms with Crippen molar-refractivity contribution in [1.29, 1.82) is 0 Å². The molecule has 0 aliphatic carbocycles. The molecule has 0 saturated heterocycles. The standard InChI is InChI=1S/C8H9F2O3P.C2H6/c1-6-2-4-7(5-3-6)8(9,10)14(11,12)13;1-2/h2-5H,1H3,(H2,11,12,13);1-2H3. The first-order chi connectivity index (χ1) is 7.25. The lowest BCUT2D eigenvalue weighted by Crippen LogP contribution is -2.13. The van der Waals surface area contributed by atoms with Crippen LogP contribution in [0.4, 0.5) is 8.78 Å². The fraction of sp³-hybridized carbons (Fsp3) is 0.400. The highest BCUT2D eigenvalue weighted by Crippen LogP contribution is 2.59. The Hall–Kier alpha value is -0.770. The minimum Gasteiger partial charge on any atom is -0.320 e. The monoisotopic (exact) mass is 252 g/mol. The molecule has 0 unspecified atom stereocenters. The molecule has 0 amide bonds. The summed E-state index contributed by atoms with van der Waals surface area (Å²) in [5.74, 6) is 0. The molecule has 0 atom stereocenters. The third kappa shape index (κ3) is 3.37. The minimum absolute atomic E-state index is 0.670. The number of halogens is 2. The largest absolute Gasteiger partial charge is 0.399 e. The molecule has 1 rings (SSSR count). The summed E-state index contributed by atoms with van der Waals surface area (Å²) in [7, 11) is -5.44. The number of hydrogen-bond donors (Lipinski definition) is 2. The van der Waals surface area contributed by atoms with Crippen molar-refractivity contribution in [1.82, 2.24) is 0 Å². The molecule has 92 valence electrons. The Balaban J connectivity index is 0.00000106. The third-order valence-corrected chi connectivity index (χ3v) is 2.75. The Morgan fingerprint density at radius 1 is 1.12 bits per heavy atom. The fourth-order valence-corrected chi connectivity index (χ4v) is 1.41. The van der Waals surface area contributed by atoms with Crippen LogP contribution in [0.3, 0.4) is 0 Å². The molecule has 0 aliphatic rings. The van der Waals surface area contributed by atoms with E-state index >= 15 is 0 Å². The second-order valence-electron chi connectivity index (χ2n) is 2.95. The number of alkyl halides is 2. The molecule has 0 fully saturated rings. The first-order valence-corrected chi connectivity index (χ1v) is 6.37. The van der Waals surface area contributed by atoms with Gasteiger partial charge in [-0.25, -0.2) is 0 Å². The lowest BCUT2D eigenvalue weighted by atomic mass is 10.2. The molecule has 0 heterocycles. The summed E-state index contributed by atoms with van der Waals surface area (Å²) in [6.07, 6.45) is 0. The summed E-state index contributed by atoms with van der Waals surface area (Å²) in [5, 5.41) is 0. The van der Waals surface area contributed by atoms with Gasteiger partial charge in [-0.05, 0) is 6.92 Å². The van der Waals surface area contributed by atoms with Gasteiger partial charge in [0.2, 0.25) is 0 Å². The van der Waals surface area contributed by atoms with Crippen molar-refractivity contribution in [3.63, 3.8) is 0 Å². The van der Waals surface area contributed by atoms with Crippen LogP contribution < -0.4 is 0 Å². The van der Waals surface area contributed by atoms with Gasteiger partial charge in [0.25, 0.3) is 0 Å². The Morgan fingerprint density at radius 3 is 1.81 bits per heavy atom. The van der Waals surface area contributed by atoms with Crippen LogP contribution in [0.5, 0.6) is 0 Å². The molecule has 3 nitrogen and oxygen atoms in total. The smallest absolute Gasteiger partial charge is 0.320 e. The van der Waals surface area contributed by atoms with Crippen molar-refractivity contribution in [2.24, 2.45) is 0 Å². The summed E-state index contributed by atoms with van der Waals surface area (Å²) < 4.78 is 36.5. The molecule has 0 radical (unpaired) electrons. The van der Waals surface area contributed by atoms with Crippen molar-refractivity contribution in [3.05, 3.63) is 35.4 Å². The van der Waals surface area contributed by atoms with E-state index < -0.39 is 18.8 Å². The van der Waals surface area contributed by atoms with Crippen LogP contribution >= 0.6 is 7.60 Å². The predicted molar refractivity (Wildman–Crippen MR) is 58.5 cm³/mol. The molecule has 16 heavy (non-hydrogen) atoms. The lowest BCUT2D eigenvalue weighted by molar-refractivity contribution is 0.0564. The summed E-state index contributed by atoms with van der Waals surface area (Å²) >= 11 is 0. The molecule has 1 aromatic carbocycles. The van der Waals surface area contributed by atoms with Gasteiger partial charge >= 0.3 is 13.3 Å². The van der Waals surface area contributed by atoms with Gasteiger partial charge in [-0.1, -0.05) is 43.7 Å². The molecule has 6 heteroatoms. The van der Waals surface area contributed by atoms with E-state index in [1.54, 1.807) is 6.92 Å². The van der Waals surface area contributed by atoms with Crippen LogP contribution in [0.15, 0.2) is 24.3 Å². The Labute approximate surface area is 93.3 Å². The van der Waals surface area contributed by atoms with Crippen LogP contribution in [0.25, 0.3) is 0 Å². The SMILES string of the molecule is CC.Cc1ccc(C(F)(F)P(=O)(O)O)cc1. The van der Waals surface area contributed by atoms with Crippen molar-refractivity contribution >= 4 is 7.60 Å². The first-order valence-electron chi connectivity index (χ1n) is 4.76. The van der Waals surface area contributed by atoms with E-state index in [1.807, 2.05) is 13.8 Å². The molecule has 0 spiro atoms. The highest BCUT2D eigenvalue weighted by Gasteiger charge is 2.50. The molecule has 2 N–H and O–H groups in total. The summed E-state index contributed by atoms with van der Waals surface area (Å²) in [4.78, 5) is 16.9. The minimum atomic E-state index is -5.44. The van der Waals surface area contributed by atoms with E-state index in [1.165, 1.54) is 12.1 Å². The zero-order valence-corrected chi connectivity index (χ0v) is 10.2. The van der Waals surface area contributed by atoms with Gasteiger partial charge in [-0.3, -0.25) is 4.57 Å². The maximum atomic E-state index is 13.0. The van der Waals surface area contributed by atoms with Crippen LogP contribution in [-0.4, -0.2) is 9.79 Å². The van der Waals surface area contributed by atoms with E-state index in [2.05, 4.69) is 0 Å². The van der Waals surface area contributed by atoms with Gasteiger partial charge in [-0.2, -0.15) is 8.78 Å². The van der Waals surface area contributed by atoms with Gasteiger partial charge in [0.15, 0.2) is 0 Å². The molecule has 0 aromatic heterocycles. The van der Waals surface area contributed by atoms with E-state index in [0.717, 1.165) is 17.7 Å². The number of aryl methyl sites for hydroxylation is 1. The Kier molecular flexibility index (Phi) is 5.26. The zero-order valence-electron chi connectivity index (χ0n) is 9.32. The highest BCUT2D eigenvalue weighted by atomic mass is 31.2. The van der Waals surface area contributed by atoms with Crippen molar-refractivity contribution in [2.75, 3.05) is 0 Å². The Morgan fingerprint density at radius 2 is 1.50 bits per heavy atom. The number of rotatable bonds is 2. The van der Waals surface area contributed by atoms with Gasteiger partial charge in [0, 0.05) is 5.56 Å². The van der Waals surface area contributed by atoms with Gasteiger partial charge in [-0.15, -0.1) is 0 Å². The quantitative estimate of drug-likeness (QED) is 0.794. The molecular formula is C10H15F2O3P. The van der Waals surface area contributed by atoms with Crippen LogP contribution in [0.2, 0.25) is 0 Å². The van der Waals surface area contributed by atoms with E-state index in [-0.39, 0.29) is 0 Å². The van der Waals surface area contributed by atoms with E-state index in [9.17, 15) is 13.3 Å². The van der Waals surface area contributed by atoms with Gasteiger partial charge in [0.05, 0.1) is 0 Å². The van der Waals surface area contributed by atoms with Gasteiger partial charge in [0.1, 0.15) is 0 Å². The second-order valence-corrected chi connectivity index (χ2v) is 4.60. The van der Waals surface area contributed by atoms with Crippen molar-refractivity contribution in [3.8, 4) is 0 Å². The maximum Gasteiger partial charge on any atom is 0.399 e. The first kappa shape index (κ1) is 15.2. The molecule has 0 bridgehead atoms. The average Bonchev–Trinajstić information content (AvgIpc) is 2.20. The van der Waals surface area contributed by atoms with E-state index in [4.69, 9.17) is 9.79 Å². The van der Waals surface area contributed by atoms with Crippen LogP contribution in [0, 0.1) is 6.92 Å². The van der Waals surface area contributed by atoms with Crippen LogP contribution in [-0.2, 0) is 10.2 Å². The van der Waals surface area contributed by atoms with Crippen LogP contribution in [0.1, 0.15) is 25.0 Å². The predicted octanol–water partition coefficient (Wildman–Crippen LogP) is 3.25. The van der Waals surface area contributed by atoms with Crippen molar-refractivity contribution < 1.29 is 23.1 Å². The van der Waals surface area contributed by atoms with E-state index in [0.29, 0.717) is 0 Å². The zero-order chi connectivity index (χ0) is 13.0. The summed E-state index contributed by atoms with van der Waals surface area (Å²) in [6, 6.07) is 4.76. The second kappa shape index (κ2) is 5.53. The highest BCUT2D eigenvalue weighted by molar-refractivity contribution is 7.52. The average molecular weight is 252 g/mol. The number of benzene rings is 1. The van der Waals surface area contributed by atoms with Crippen molar-refractivity contribution in [2.45, 2.75) is 26.4 Å². The summed E-state index contributed by atoms with van der Waals surface area (Å²) in [5.41, 5.74) is -4.03. The fourth-order valence-electron chi connectivity index (χ4n) is 0.922. The summed E-state index contributed by atoms with van der Waals surface area (Å²) in [6.45, 7) is 5.69. The van der Waals surface area contributed by atoms with Gasteiger partial charge < -0.3 is 9.79 Å². The maximum absolute atomic E-state index is 13.0.